The molecule has 3 rings (SSSR count). The molecule has 0 spiro atoms. The van der Waals surface area contributed by atoms with Gasteiger partial charge >= 0.3 is 0 Å². The molecular weight excluding hydrogens is 294 g/mol. The molecule has 0 fully saturated rings. The first-order valence-corrected chi connectivity index (χ1v) is 7.99. The van der Waals surface area contributed by atoms with Gasteiger partial charge in [-0.25, -0.2) is 0 Å². The first-order valence-electron chi connectivity index (χ1n) is 7.11. The third-order valence-corrected chi connectivity index (χ3v) is 4.74. The van der Waals surface area contributed by atoms with Crippen LogP contribution in [-0.4, -0.2) is 23.0 Å². The zero-order valence-corrected chi connectivity index (χ0v) is 13.1. The lowest BCUT2D eigenvalue weighted by Crippen LogP contribution is -2.27. The second-order valence-electron chi connectivity index (χ2n) is 5.31. The molecule has 22 heavy (non-hydrogen) atoms. The Hall–Kier alpha value is -2.33. The first-order chi connectivity index (χ1) is 10.6. The number of nitrogens with zero attached hydrogens (tertiary/aromatic N) is 1. The van der Waals surface area contributed by atoms with Crippen LogP contribution in [0.3, 0.4) is 0 Å². The summed E-state index contributed by atoms with van der Waals surface area (Å²) in [4.78, 5) is 14.1. The Kier molecular flexibility index (Phi) is 4.11. The van der Waals surface area contributed by atoms with Crippen LogP contribution in [0.15, 0.2) is 53.9 Å². The van der Waals surface area contributed by atoms with Crippen molar-refractivity contribution in [3.63, 3.8) is 0 Å². The minimum absolute atomic E-state index is 0.00298. The van der Waals surface area contributed by atoms with Crippen LogP contribution in [0.5, 0.6) is 5.75 Å². The number of hydrogen-bond donors (Lipinski definition) is 1. The highest BCUT2D eigenvalue weighted by molar-refractivity contribution is 7.17. The second-order valence-corrected chi connectivity index (χ2v) is 6.22. The van der Waals surface area contributed by atoms with Crippen molar-refractivity contribution in [2.24, 2.45) is 0 Å². The molecule has 3 nitrogen and oxygen atoms in total. The summed E-state index contributed by atoms with van der Waals surface area (Å²) >= 11 is 1.70. The Labute approximate surface area is 133 Å². The van der Waals surface area contributed by atoms with Crippen LogP contribution in [-0.2, 0) is 17.8 Å². The van der Waals surface area contributed by atoms with Crippen molar-refractivity contribution >= 4 is 27.3 Å². The van der Waals surface area contributed by atoms with Crippen LogP contribution >= 0.6 is 11.3 Å². The highest BCUT2D eigenvalue weighted by Crippen LogP contribution is 2.26. The van der Waals surface area contributed by atoms with E-state index in [-0.39, 0.29) is 18.1 Å². The number of phenols is 1. The van der Waals surface area contributed by atoms with Crippen LogP contribution in [0.2, 0.25) is 0 Å². The Bertz CT molecular complexity index is 809. The van der Waals surface area contributed by atoms with E-state index in [2.05, 4.69) is 17.5 Å². The molecule has 0 radical (unpaired) electrons. The zero-order chi connectivity index (χ0) is 15.5. The minimum atomic E-state index is -0.00298. The highest BCUT2D eigenvalue weighted by Gasteiger charge is 2.14. The highest BCUT2D eigenvalue weighted by atomic mass is 32.1. The molecule has 0 unspecified atom stereocenters. The normalized spacial score (nSPS) is 10.8. The number of para-hydroxylation sites is 1. The smallest absolute Gasteiger partial charge is 0.227 e. The first kappa shape index (κ1) is 14.6. The fourth-order valence-corrected chi connectivity index (χ4v) is 3.41. The van der Waals surface area contributed by atoms with Crippen LogP contribution in [0.4, 0.5) is 0 Å². The minimum Gasteiger partial charge on any atom is -0.508 e. The van der Waals surface area contributed by atoms with E-state index in [0.717, 1.165) is 5.56 Å². The zero-order valence-electron chi connectivity index (χ0n) is 12.3. The van der Waals surface area contributed by atoms with Crippen molar-refractivity contribution < 1.29 is 9.90 Å². The summed E-state index contributed by atoms with van der Waals surface area (Å²) in [6, 6.07) is 15.2. The predicted octanol–water partition coefficient (Wildman–Crippen LogP) is 3.81. The summed E-state index contributed by atoms with van der Waals surface area (Å²) in [7, 11) is 1.80. The molecule has 112 valence electrons. The molecule has 0 bridgehead atoms. The van der Waals surface area contributed by atoms with Crippen LogP contribution < -0.4 is 0 Å². The maximum atomic E-state index is 12.3. The molecule has 0 aliphatic carbocycles. The van der Waals surface area contributed by atoms with E-state index in [4.69, 9.17) is 0 Å². The Morgan fingerprint density at radius 1 is 1.09 bits per heavy atom. The van der Waals surface area contributed by atoms with Gasteiger partial charge in [0.15, 0.2) is 0 Å². The van der Waals surface area contributed by atoms with Gasteiger partial charge in [-0.3, -0.25) is 4.79 Å². The summed E-state index contributed by atoms with van der Waals surface area (Å²) in [5.74, 6) is 0.169. The number of fused-ring (bicyclic) bond motifs is 1. The number of amides is 1. The van der Waals surface area contributed by atoms with Crippen molar-refractivity contribution in [1.29, 1.82) is 0 Å². The van der Waals surface area contributed by atoms with Gasteiger partial charge in [0.25, 0.3) is 0 Å². The van der Waals surface area contributed by atoms with Gasteiger partial charge in [-0.15, -0.1) is 11.3 Å². The molecule has 1 aromatic heterocycles. The lowest BCUT2D eigenvalue weighted by Gasteiger charge is -2.17. The van der Waals surface area contributed by atoms with Crippen molar-refractivity contribution in [3.8, 4) is 5.75 Å². The molecular formula is C18H17NO2S. The summed E-state index contributed by atoms with van der Waals surface area (Å²) in [6.45, 7) is 0.580. The number of carbonyl (C=O) groups is 1. The topological polar surface area (TPSA) is 40.5 Å². The lowest BCUT2D eigenvalue weighted by atomic mass is 10.1. The van der Waals surface area contributed by atoms with Crippen molar-refractivity contribution in [2.45, 2.75) is 13.0 Å². The number of rotatable bonds is 4. The van der Waals surface area contributed by atoms with Gasteiger partial charge in [0.05, 0.1) is 6.42 Å². The molecule has 3 aromatic rings. The van der Waals surface area contributed by atoms with Gasteiger partial charge in [0, 0.05) is 23.9 Å². The summed E-state index contributed by atoms with van der Waals surface area (Å²) in [5, 5.41) is 13.1. The molecule has 1 N–H and O–H groups in total. The number of likely N-dealkylation sites (N-methyl/N-ethyl adjacent to an activating group) is 1. The maximum Gasteiger partial charge on any atom is 0.227 e. The fourth-order valence-electron chi connectivity index (χ4n) is 2.46. The fraction of sp³-hybridized carbons (Fsp3) is 0.167. The predicted molar refractivity (Wildman–Crippen MR) is 90.1 cm³/mol. The number of benzene rings is 2. The average molecular weight is 311 g/mol. The Morgan fingerprint density at radius 2 is 1.82 bits per heavy atom. The van der Waals surface area contributed by atoms with Gasteiger partial charge in [-0.2, -0.15) is 0 Å². The molecule has 1 heterocycles. The summed E-state index contributed by atoms with van der Waals surface area (Å²) in [5.41, 5.74) is 1.82. The van der Waals surface area contributed by atoms with E-state index in [1.54, 1.807) is 41.5 Å². The van der Waals surface area contributed by atoms with Gasteiger partial charge in [0.2, 0.25) is 5.91 Å². The van der Waals surface area contributed by atoms with E-state index < -0.39 is 0 Å². The molecule has 4 heteroatoms. The average Bonchev–Trinajstić information content (AvgIpc) is 2.93. The number of aromatic hydroxyl groups is 1. The van der Waals surface area contributed by atoms with Crippen molar-refractivity contribution in [1.82, 2.24) is 4.90 Å². The van der Waals surface area contributed by atoms with Gasteiger partial charge in [-0.05, 0) is 28.5 Å². The Morgan fingerprint density at radius 3 is 2.64 bits per heavy atom. The van der Waals surface area contributed by atoms with E-state index in [1.165, 1.54) is 10.1 Å². The largest absolute Gasteiger partial charge is 0.508 e. The van der Waals surface area contributed by atoms with Crippen molar-refractivity contribution in [2.75, 3.05) is 7.05 Å². The number of carbonyl (C=O) groups excluding carboxylic acids is 1. The number of phenolic OH excluding ortho intramolecular Hbond substituents is 1. The van der Waals surface area contributed by atoms with E-state index in [0.29, 0.717) is 12.1 Å². The van der Waals surface area contributed by atoms with Crippen LogP contribution in [0, 0.1) is 0 Å². The summed E-state index contributed by atoms with van der Waals surface area (Å²) < 4.78 is 1.24. The Balaban J connectivity index is 1.73. The van der Waals surface area contributed by atoms with Gasteiger partial charge < -0.3 is 10.0 Å². The molecule has 0 saturated carbocycles. The molecule has 0 atom stereocenters. The second kappa shape index (κ2) is 6.20. The van der Waals surface area contributed by atoms with E-state index >= 15 is 0 Å². The number of thiophene rings is 1. The monoisotopic (exact) mass is 311 g/mol. The molecule has 0 aliphatic heterocycles. The quantitative estimate of drug-likeness (QED) is 0.796. The molecule has 2 aromatic carbocycles. The maximum absolute atomic E-state index is 12.3. The summed E-state index contributed by atoms with van der Waals surface area (Å²) in [6.07, 6.45) is 0.214. The van der Waals surface area contributed by atoms with E-state index in [9.17, 15) is 9.90 Å². The SMILES string of the molecule is CN(Cc1csc2ccccc12)C(=O)Cc1ccccc1O. The third-order valence-electron chi connectivity index (χ3n) is 3.73. The van der Waals surface area contributed by atoms with E-state index in [1.807, 2.05) is 18.2 Å². The third kappa shape index (κ3) is 2.97. The lowest BCUT2D eigenvalue weighted by molar-refractivity contribution is -0.129. The van der Waals surface area contributed by atoms with Crippen molar-refractivity contribution in [3.05, 3.63) is 65.0 Å². The number of hydrogen-bond acceptors (Lipinski definition) is 3. The van der Waals surface area contributed by atoms with Gasteiger partial charge in [-0.1, -0.05) is 36.4 Å². The molecule has 0 saturated heterocycles. The molecule has 1 amide bonds. The standard InChI is InChI=1S/C18H17NO2S/c1-19(18(21)10-13-6-2-4-8-16(13)20)11-14-12-22-17-9-5-3-7-15(14)17/h2-9,12,20H,10-11H2,1H3. The van der Waals surface area contributed by atoms with Crippen LogP contribution in [0.1, 0.15) is 11.1 Å². The van der Waals surface area contributed by atoms with Crippen LogP contribution in [0.25, 0.3) is 10.1 Å². The molecule has 0 aliphatic rings. The van der Waals surface area contributed by atoms with Gasteiger partial charge in [0.1, 0.15) is 5.75 Å².